The molecule has 2 rings (SSSR count). The lowest BCUT2D eigenvalue weighted by Gasteiger charge is -2.38. The first-order valence-electron chi connectivity index (χ1n) is 6.62. The molecular weight excluding hydrogens is 278 g/mol. The molecule has 108 valence electrons. The Hall–Kier alpha value is -1.55. The van der Waals surface area contributed by atoms with Crippen LogP contribution in [0.3, 0.4) is 0 Å². The molecule has 1 fully saturated rings. The number of carbonyl (C=O) groups is 2. The number of aliphatic carboxylic acids is 1. The van der Waals surface area contributed by atoms with Gasteiger partial charge in [0.25, 0.3) is 0 Å². The Morgan fingerprint density at radius 3 is 2.50 bits per heavy atom. The fourth-order valence-corrected chi connectivity index (χ4v) is 2.59. The minimum absolute atomic E-state index is 0.0460. The standard InChI is InChI=1S/C15H18ClNO3/c1-10-4-5-11(8-12(10)16)17(2)13(18)9-15(14(19)20)6-3-7-15/h4-5,8H,3,6-7,9H2,1-2H3,(H,19,20). The number of halogens is 1. The Balaban J connectivity index is 2.12. The highest BCUT2D eigenvalue weighted by Crippen LogP contribution is 2.44. The first kappa shape index (κ1) is 14.9. The number of carboxylic acids is 1. The average molecular weight is 296 g/mol. The third kappa shape index (κ3) is 2.66. The van der Waals surface area contributed by atoms with Crippen molar-refractivity contribution in [2.45, 2.75) is 32.6 Å². The summed E-state index contributed by atoms with van der Waals surface area (Å²) in [5.74, 6) is -1.06. The topological polar surface area (TPSA) is 57.6 Å². The molecule has 0 saturated heterocycles. The predicted octanol–water partition coefficient (Wildman–Crippen LogP) is 3.26. The van der Waals surface area contributed by atoms with Gasteiger partial charge in [-0.1, -0.05) is 24.1 Å². The van der Waals surface area contributed by atoms with Gasteiger partial charge in [-0.3, -0.25) is 9.59 Å². The van der Waals surface area contributed by atoms with Gasteiger partial charge in [-0.2, -0.15) is 0 Å². The van der Waals surface area contributed by atoms with Crippen LogP contribution in [0.1, 0.15) is 31.2 Å². The minimum atomic E-state index is -0.868. The Bertz CT molecular complexity index is 552. The highest BCUT2D eigenvalue weighted by molar-refractivity contribution is 6.31. The third-order valence-corrected chi connectivity index (χ3v) is 4.58. The molecule has 20 heavy (non-hydrogen) atoms. The fourth-order valence-electron chi connectivity index (χ4n) is 2.41. The van der Waals surface area contributed by atoms with E-state index in [0.717, 1.165) is 12.0 Å². The SMILES string of the molecule is Cc1ccc(N(C)C(=O)CC2(C(=O)O)CCC2)cc1Cl. The van der Waals surface area contributed by atoms with E-state index < -0.39 is 11.4 Å². The normalized spacial score (nSPS) is 16.4. The zero-order chi connectivity index (χ0) is 14.9. The Labute approximate surface area is 123 Å². The molecule has 0 unspecified atom stereocenters. The first-order chi connectivity index (χ1) is 9.35. The largest absolute Gasteiger partial charge is 0.481 e. The number of nitrogens with zero attached hydrogens (tertiary/aromatic N) is 1. The van der Waals surface area contributed by atoms with Crippen LogP contribution in [0, 0.1) is 12.3 Å². The van der Waals surface area contributed by atoms with E-state index >= 15 is 0 Å². The van der Waals surface area contributed by atoms with Gasteiger partial charge in [0, 0.05) is 24.2 Å². The van der Waals surface area contributed by atoms with Gasteiger partial charge in [-0.05, 0) is 37.5 Å². The van der Waals surface area contributed by atoms with E-state index in [1.54, 1.807) is 13.1 Å². The first-order valence-corrected chi connectivity index (χ1v) is 7.00. The van der Waals surface area contributed by atoms with Crippen molar-refractivity contribution in [2.24, 2.45) is 5.41 Å². The van der Waals surface area contributed by atoms with Crippen LogP contribution >= 0.6 is 11.6 Å². The lowest BCUT2D eigenvalue weighted by atomic mass is 9.66. The molecule has 1 amide bonds. The number of hydrogen-bond donors (Lipinski definition) is 1. The summed E-state index contributed by atoms with van der Waals surface area (Å²) in [4.78, 5) is 25.1. The van der Waals surface area contributed by atoms with E-state index in [9.17, 15) is 14.7 Å². The second kappa shape index (κ2) is 5.44. The molecule has 1 aliphatic rings. The highest BCUT2D eigenvalue weighted by Gasteiger charge is 2.46. The van der Waals surface area contributed by atoms with E-state index in [1.165, 1.54) is 4.90 Å². The van der Waals surface area contributed by atoms with Gasteiger partial charge < -0.3 is 10.0 Å². The number of carbonyl (C=O) groups excluding carboxylic acids is 1. The van der Waals surface area contributed by atoms with Crippen LogP contribution < -0.4 is 4.90 Å². The minimum Gasteiger partial charge on any atom is -0.481 e. The van der Waals surface area contributed by atoms with Crippen molar-refractivity contribution in [3.63, 3.8) is 0 Å². The summed E-state index contributed by atoms with van der Waals surface area (Å²) in [6.07, 6.45) is 2.08. The summed E-state index contributed by atoms with van der Waals surface area (Å²) in [5.41, 5.74) is 0.766. The number of anilines is 1. The molecule has 0 atom stereocenters. The van der Waals surface area contributed by atoms with Crippen molar-refractivity contribution < 1.29 is 14.7 Å². The van der Waals surface area contributed by atoms with Gasteiger partial charge in [0.15, 0.2) is 0 Å². The van der Waals surface area contributed by atoms with Gasteiger partial charge in [-0.25, -0.2) is 0 Å². The monoisotopic (exact) mass is 295 g/mol. The predicted molar refractivity (Wildman–Crippen MR) is 78.1 cm³/mol. The Morgan fingerprint density at radius 2 is 2.05 bits per heavy atom. The van der Waals surface area contributed by atoms with E-state index in [4.69, 9.17) is 11.6 Å². The number of amides is 1. The second-order valence-corrected chi connectivity index (χ2v) is 5.91. The molecule has 5 heteroatoms. The van der Waals surface area contributed by atoms with E-state index in [1.807, 2.05) is 19.1 Å². The molecule has 0 heterocycles. The molecular formula is C15H18ClNO3. The van der Waals surface area contributed by atoms with E-state index in [-0.39, 0.29) is 12.3 Å². The van der Waals surface area contributed by atoms with Crippen LogP contribution in [-0.4, -0.2) is 24.0 Å². The summed E-state index contributed by atoms with van der Waals surface area (Å²) in [7, 11) is 1.65. The fraction of sp³-hybridized carbons (Fsp3) is 0.467. The molecule has 0 aliphatic heterocycles. The van der Waals surface area contributed by atoms with Crippen molar-refractivity contribution >= 4 is 29.2 Å². The molecule has 4 nitrogen and oxygen atoms in total. The zero-order valence-corrected chi connectivity index (χ0v) is 12.4. The average Bonchev–Trinajstić information content (AvgIpc) is 2.35. The number of benzene rings is 1. The maximum absolute atomic E-state index is 12.3. The quantitative estimate of drug-likeness (QED) is 0.927. The van der Waals surface area contributed by atoms with Crippen molar-refractivity contribution in [3.05, 3.63) is 28.8 Å². The number of hydrogen-bond acceptors (Lipinski definition) is 2. The molecule has 1 saturated carbocycles. The highest BCUT2D eigenvalue weighted by atomic mass is 35.5. The molecule has 0 radical (unpaired) electrons. The molecule has 1 aromatic carbocycles. The summed E-state index contributed by atoms with van der Waals surface area (Å²) in [6, 6.07) is 5.38. The Kier molecular flexibility index (Phi) is 4.04. The molecule has 0 aromatic heterocycles. The molecule has 1 N–H and O–H groups in total. The van der Waals surface area contributed by atoms with Gasteiger partial charge in [0.1, 0.15) is 0 Å². The molecule has 1 aromatic rings. The summed E-state index contributed by atoms with van der Waals surface area (Å²) in [6.45, 7) is 1.89. The number of aryl methyl sites for hydroxylation is 1. The van der Waals surface area contributed by atoms with Gasteiger partial charge in [-0.15, -0.1) is 0 Å². The summed E-state index contributed by atoms with van der Waals surface area (Å²) >= 11 is 6.05. The zero-order valence-electron chi connectivity index (χ0n) is 11.6. The Morgan fingerprint density at radius 1 is 1.40 bits per heavy atom. The van der Waals surface area contributed by atoms with Crippen LogP contribution in [0.5, 0.6) is 0 Å². The number of carboxylic acid groups (broad SMARTS) is 1. The van der Waals surface area contributed by atoms with Crippen molar-refractivity contribution in [3.8, 4) is 0 Å². The van der Waals surface area contributed by atoms with Crippen molar-refractivity contribution in [1.29, 1.82) is 0 Å². The summed E-state index contributed by atoms with van der Waals surface area (Å²) in [5, 5.41) is 9.87. The van der Waals surface area contributed by atoms with Crippen LogP contribution in [0.2, 0.25) is 5.02 Å². The maximum Gasteiger partial charge on any atom is 0.310 e. The molecule has 0 bridgehead atoms. The third-order valence-electron chi connectivity index (χ3n) is 4.17. The van der Waals surface area contributed by atoms with Gasteiger partial charge in [0.2, 0.25) is 5.91 Å². The molecule has 0 spiro atoms. The van der Waals surface area contributed by atoms with Crippen LogP contribution in [0.25, 0.3) is 0 Å². The van der Waals surface area contributed by atoms with Crippen LogP contribution in [0.15, 0.2) is 18.2 Å². The second-order valence-electron chi connectivity index (χ2n) is 5.50. The lowest BCUT2D eigenvalue weighted by Crippen LogP contribution is -2.43. The number of rotatable bonds is 4. The maximum atomic E-state index is 12.3. The van der Waals surface area contributed by atoms with Crippen molar-refractivity contribution in [1.82, 2.24) is 0 Å². The summed E-state index contributed by atoms with van der Waals surface area (Å²) < 4.78 is 0. The van der Waals surface area contributed by atoms with Crippen LogP contribution in [0.4, 0.5) is 5.69 Å². The van der Waals surface area contributed by atoms with Gasteiger partial charge >= 0.3 is 5.97 Å². The van der Waals surface area contributed by atoms with Crippen LogP contribution in [-0.2, 0) is 9.59 Å². The van der Waals surface area contributed by atoms with Gasteiger partial charge in [0.05, 0.1) is 5.41 Å². The lowest BCUT2D eigenvalue weighted by molar-refractivity contribution is -0.157. The molecule has 1 aliphatic carbocycles. The van der Waals surface area contributed by atoms with E-state index in [2.05, 4.69) is 0 Å². The smallest absolute Gasteiger partial charge is 0.310 e. The van der Waals surface area contributed by atoms with E-state index in [0.29, 0.717) is 23.6 Å². The van der Waals surface area contributed by atoms with Crippen molar-refractivity contribution in [2.75, 3.05) is 11.9 Å².